The fourth-order valence-electron chi connectivity index (χ4n) is 3.08. The molecule has 3 N–H and O–H groups in total. The monoisotopic (exact) mass is 404 g/mol. The van der Waals surface area contributed by atoms with E-state index in [0.717, 1.165) is 31.6 Å². The number of nitrogens with zero attached hydrogens (tertiary/aromatic N) is 3. The van der Waals surface area contributed by atoms with Gasteiger partial charge in [0.05, 0.1) is 13.3 Å². The van der Waals surface area contributed by atoms with Crippen LogP contribution in [0.15, 0.2) is 24.4 Å². The number of aromatic nitrogens is 2. The Kier molecular flexibility index (Phi) is 6.53. The van der Waals surface area contributed by atoms with Crippen molar-refractivity contribution in [3.8, 4) is 5.75 Å². The molecule has 0 saturated carbocycles. The standard InChI is InChI=1S/C19H25ClN6O2/c1-12-4-5-14(8-15(12)20)23-19(27)25-18-22-10-16(28-3)17(24-18)21-9-13-6-7-26(2)11-13/h4-5,8,10,13H,6-7,9,11H2,1-3H3,(H3,21,22,23,24,25,27). The van der Waals surface area contributed by atoms with Crippen LogP contribution in [-0.2, 0) is 0 Å². The maximum absolute atomic E-state index is 12.2. The summed E-state index contributed by atoms with van der Waals surface area (Å²) in [6, 6.07) is 4.86. The van der Waals surface area contributed by atoms with Crippen molar-refractivity contribution in [2.24, 2.45) is 5.92 Å². The molecule has 1 fully saturated rings. The lowest BCUT2D eigenvalue weighted by molar-refractivity contribution is 0.262. The molecule has 1 unspecified atom stereocenters. The number of methoxy groups -OCH3 is 1. The molecular weight excluding hydrogens is 380 g/mol. The Balaban J connectivity index is 1.62. The number of aryl methyl sites for hydroxylation is 1. The van der Waals surface area contributed by atoms with E-state index in [0.29, 0.717) is 28.2 Å². The van der Waals surface area contributed by atoms with Gasteiger partial charge in [0.25, 0.3) is 0 Å². The molecule has 1 saturated heterocycles. The van der Waals surface area contributed by atoms with Crippen molar-refractivity contribution in [1.29, 1.82) is 0 Å². The van der Waals surface area contributed by atoms with E-state index in [9.17, 15) is 4.79 Å². The van der Waals surface area contributed by atoms with Gasteiger partial charge in [0.15, 0.2) is 11.6 Å². The van der Waals surface area contributed by atoms with Gasteiger partial charge in [-0.3, -0.25) is 5.32 Å². The first-order valence-corrected chi connectivity index (χ1v) is 9.50. The summed E-state index contributed by atoms with van der Waals surface area (Å²) in [5.41, 5.74) is 1.53. The van der Waals surface area contributed by atoms with Crippen LogP contribution >= 0.6 is 11.6 Å². The highest BCUT2D eigenvalue weighted by atomic mass is 35.5. The number of amides is 2. The second-order valence-corrected chi connectivity index (χ2v) is 7.36. The number of ether oxygens (including phenoxy) is 1. The Labute approximate surface area is 169 Å². The van der Waals surface area contributed by atoms with Crippen molar-refractivity contribution >= 4 is 35.1 Å². The summed E-state index contributed by atoms with van der Waals surface area (Å²) in [6.07, 6.45) is 2.68. The SMILES string of the molecule is COc1cnc(NC(=O)Nc2ccc(C)c(Cl)c2)nc1NCC1CCN(C)C1. The number of urea groups is 1. The molecule has 2 heterocycles. The zero-order valence-corrected chi connectivity index (χ0v) is 17.0. The lowest BCUT2D eigenvalue weighted by Gasteiger charge is -2.15. The molecule has 0 spiro atoms. The second-order valence-electron chi connectivity index (χ2n) is 6.95. The van der Waals surface area contributed by atoms with E-state index in [2.05, 4.69) is 37.9 Å². The van der Waals surface area contributed by atoms with Gasteiger partial charge < -0.3 is 20.3 Å². The summed E-state index contributed by atoms with van der Waals surface area (Å²) in [6.45, 7) is 4.83. The number of carbonyl (C=O) groups excluding carboxylic acids is 1. The van der Waals surface area contributed by atoms with E-state index in [1.165, 1.54) is 6.20 Å². The summed E-state index contributed by atoms with van der Waals surface area (Å²) in [5, 5.41) is 9.25. The smallest absolute Gasteiger partial charge is 0.326 e. The highest BCUT2D eigenvalue weighted by molar-refractivity contribution is 6.31. The summed E-state index contributed by atoms with van der Waals surface area (Å²) < 4.78 is 5.32. The van der Waals surface area contributed by atoms with Crippen molar-refractivity contribution in [3.05, 3.63) is 35.0 Å². The minimum atomic E-state index is -0.451. The van der Waals surface area contributed by atoms with Crippen molar-refractivity contribution in [2.75, 3.05) is 49.7 Å². The first-order valence-electron chi connectivity index (χ1n) is 9.12. The highest BCUT2D eigenvalue weighted by Gasteiger charge is 2.20. The number of hydrogen-bond donors (Lipinski definition) is 3. The third-order valence-electron chi connectivity index (χ3n) is 4.68. The largest absolute Gasteiger partial charge is 0.491 e. The van der Waals surface area contributed by atoms with E-state index < -0.39 is 6.03 Å². The van der Waals surface area contributed by atoms with Crippen LogP contribution in [-0.4, -0.2) is 54.7 Å². The predicted molar refractivity (Wildman–Crippen MR) is 112 cm³/mol. The van der Waals surface area contributed by atoms with Crippen molar-refractivity contribution in [2.45, 2.75) is 13.3 Å². The highest BCUT2D eigenvalue weighted by Crippen LogP contribution is 2.24. The van der Waals surface area contributed by atoms with E-state index in [-0.39, 0.29) is 5.95 Å². The molecule has 1 atom stereocenters. The number of carbonyl (C=O) groups is 1. The molecule has 0 bridgehead atoms. The molecule has 9 heteroatoms. The van der Waals surface area contributed by atoms with Gasteiger partial charge in [0.2, 0.25) is 5.95 Å². The quantitative estimate of drug-likeness (QED) is 0.683. The number of rotatable bonds is 6. The van der Waals surface area contributed by atoms with Crippen LogP contribution < -0.4 is 20.7 Å². The minimum Gasteiger partial charge on any atom is -0.491 e. The number of likely N-dealkylation sites (tertiary alicyclic amines) is 1. The van der Waals surface area contributed by atoms with Gasteiger partial charge in [-0.15, -0.1) is 0 Å². The molecule has 1 aromatic carbocycles. The van der Waals surface area contributed by atoms with Crippen LogP contribution in [0.3, 0.4) is 0 Å². The van der Waals surface area contributed by atoms with E-state index in [4.69, 9.17) is 16.3 Å². The number of anilines is 3. The average Bonchev–Trinajstić information content (AvgIpc) is 3.08. The van der Waals surface area contributed by atoms with Crippen LogP contribution in [0.4, 0.5) is 22.2 Å². The third-order valence-corrected chi connectivity index (χ3v) is 5.08. The summed E-state index contributed by atoms with van der Waals surface area (Å²) >= 11 is 6.09. The fourth-order valence-corrected chi connectivity index (χ4v) is 3.26. The lowest BCUT2D eigenvalue weighted by Crippen LogP contribution is -2.22. The van der Waals surface area contributed by atoms with E-state index in [1.54, 1.807) is 19.2 Å². The first kappa shape index (κ1) is 20.2. The van der Waals surface area contributed by atoms with Crippen LogP contribution in [0.5, 0.6) is 5.75 Å². The zero-order valence-electron chi connectivity index (χ0n) is 16.3. The molecule has 2 amide bonds. The van der Waals surface area contributed by atoms with Crippen molar-refractivity contribution < 1.29 is 9.53 Å². The van der Waals surface area contributed by atoms with Gasteiger partial charge in [0, 0.05) is 23.8 Å². The van der Waals surface area contributed by atoms with Crippen molar-refractivity contribution in [3.63, 3.8) is 0 Å². The molecule has 0 radical (unpaired) electrons. The van der Waals surface area contributed by atoms with Gasteiger partial charge >= 0.3 is 6.03 Å². The van der Waals surface area contributed by atoms with Crippen LogP contribution in [0, 0.1) is 12.8 Å². The summed E-state index contributed by atoms with van der Waals surface area (Å²) in [4.78, 5) is 23.1. The van der Waals surface area contributed by atoms with Gasteiger partial charge in [-0.25, -0.2) is 9.78 Å². The molecule has 1 aliphatic heterocycles. The number of halogens is 1. The number of hydrogen-bond acceptors (Lipinski definition) is 6. The Hall–Kier alpha value is -2.58. The number of benzene rings is 1. The molecule has 8 nitrogen and oxygen atoms in total. The topological polar surface area (TPSA) is 91.4 Å². The van der Waals surface area contributed by atoms with E-state index in [1.807, 2.05) is 13.0 Å². The van der Waals surface area contributed by atoms with Gasteiger partial charge in [-0.2, -0.15) is 4.98 Å². The van der Waals surface area contributed by atoms with Crippen LogP contribution in [0.2, 0.25) is 5.02 Å². The Morgan fingerprint density at radius 1 is 1.39 bits per heavy atom. The molecule has 3 rings (SSSR count). The number of nitrogens with one attached hydrogen (secondary N) is 3. The molecule has 1 aromatic heterocycles. The molecule has 2 aromatic rings. The molecule has 150 valence electrons. The Morgan fingerprint density at radius 3 is 2.89 bits per heavy atom. The van der Waals surface area contributed by atoms with Gasteiger partial charge in [-0.05, 0) is 50.6 Å². The lowest BCUT2D eigenvalue weighted by atomic mass is 10.1. The Morgan fingerprint density at radius 2 is 2.21 bits per heavy atom. The Bertz CT molecular complexity index is 847. The molecular formula is C19H25ClN6O2. The summed E-state index contributed by atoms with van der Waals surface area (Å²) in [5.74, 6) is 1.82. The maximum Gasteiger partial charge on any atom is 0.326 e. The average molecular weight is 405 g/mol. The summed E-state index contributed by atoms with van der Waals surface area (Å²) in [7, 11) is 3.68. The van der Waals surface area contributed by atoms with Crippen LogP contribution in [0.25, 0.3) is 0 Å². The van der Waals surface area contributed by atoms with Gasteiger partial charge in [-0.1, -0.05) is 17.7 Å². The normalized spacial score (nSPS) is 16.6. The fraction of sp³-hybridized carbons (Fsp3) is 0.421. The predicted octanol–water partition coefficient (Wildman–Crippen LogP) is 3.45. The van der Waals surface area contributed by atoms with Gasteiger partial charge in [0.1, 0.15) is 0 Å². The van der Waals surface area contributed by atoms with Crippen LogP contribution in [0.1, 0.15) is 12.0 Å². The molecule has 0 aliphatic carbocycles. The third kappa shape index (κ3) is 5.24. The van der Waals surface area contributed by atoms with E-state index >= 15 is 0 Å². The maximum atomic E-state index is 12.2. The zero-order chi connectivity index (χ0) is 20.1. The minimum absolute atomic E-state index is 0.183. The second kappa shape index (κ2) is 9.07. The first-order chi connectivity index (χ1) is 13.4. The van der Waals surface area contributed by atoms with Crippen molar-refractivity contribution in [1.82, 2.24) is 14.9 Å². The molecule has 1 aliphatic rings. The molecule has 28 heavy (non-hydrogen) atoms.